The predicted octanol–water partition coefficient (Wildman–Crippen LogP) is 6.83. The fourth-order valence-electron chi connectivity index (χ4n) is 4.29. The minimum atomic E-state index is -0.557. The molecule has 0 saturated heterocycles. The zero-order valence-corrected chi connectivity index (χ0v) is 25.7. The van der Waals surface area contributed by atoms with Gasteiger partial charge in [-0.2, -0.15) is 0 Å². The Balaban J connectivity index is 1.53. The topological polar surface area (TPSA) is 140 Å². The molecule has 10 nitrogen and oxygen atoms in total. The molecule has 4 aromatic carbocycles. The largest absolute Gasteiger partial charge is 0.496 e. The molecule has 4 rings (SSSR count). The smallest absolute Gasteiger partial charge is 0.272 e. The summed E-state index contributed by atoms with van der Waals surface area (Å²) in [5, 5.41) is 19.1. The minimum Gasteiger partial charge on any atom is -0.496 e. The maximum atomic E-state index is 13.5. The third-order valence-corrected chi connectivity index (χ3v) is 8.05. The number of methoxy groups -OCH3 is 1. The van der Waals surface area contributed by atoms with Crippen molar-refractivity contribution >= 4 is 52.6 Å². The molecule has 3 amide bonds. The number of aryl methyl sites for hydroxylation is 1. The molecule has 0 radical (unpaired) electrons. The van der Waals surface area contributed by atoms with Crippen LogP contribution in [0.3, 0.4) is 0 Å². The number of carbonyl (C=O) groups excluding carboxylic acids is 3. The van der Waals surface area contributed by atoms with E-state index in [9.17, 15) is 24.5 Å². The zero-order valence-electron chi connectivity index (χ0n) is 24.9. The van der Waals surface area contributed by atoms with Gasteiger partial charge in [0, 0.05) is 33.8 Å². The van der Waals surface area contributed by atoms with Gasteiger partial charge >= 0.3 is 0 Å². The monoisotopic (exact) mass is 624 g/mol. The Morgan fingerprint density at radius 2 is 1.67 bits per heavy atom. The van der Waals surface area contributed by atoms with Crippen LogP contribution in [0.5, 0.6) is 5.75 Å². The number of nitro groups is 1. The number of hydrogen-bond donors (Lipinski definition) is 3. The number of anilines is 2. The second-order valence-corrected chi connectivity index (χ2v) is 11.1. The third-order valence-electron chi connectivity index (χ3n) is 6.69. The number of hydrogen-bond acceptors (Lipinski definition) is 7. The van der Waals surface area contributed by atoms with Crippen molar-refractivity contribution in [2.75, 3.05) is 17.7 Å². The van der Waals surface area contributed by atoms with E-state index in [2.05, 4.69) is 16.0 Å². The first-order valence-electron chi connectivity index (χ1n) is 14.0. The Bertz CT molecular complexity index is 1740. The van der Waals surface area contributed by atoms with Crippen LogP contribution in [-0.4, -0.2) is 35.0 Å². The lowest BCUT2D eigenvalue weighted by atomic mass is 10.1. The zero-order chi connectivity index (χ0) is 32.3. The van der Waals surface area contributed by atoms with Crippen LogP contribution in [0.1, 0.15) is 34.8 Å². The summed E-state index contributed by atoms with van der Waals surface area (Å²) < 4.78 is 5.42. The van der Waals surface area contributed by atoms with Crippen molar-refractivity contribution in [1.29, 1.82) is 0 Å². The van der Waals surface area contributed by atoms with E-state index < -0.39 is 22.0 Å². The summed E-state index contributed by atoms with van der Waals surface area (Å²) in [6.45, 7) is 3.63. The Morgan fingerprint density at radius 3 is 2.38 bits per heavy atom. The van der Waals surface area contributed by atoms with Crippen molar-refractivity contribution in [2.45, 2.75) is 30.4 Å². The normalized spacial score (nSPS) is 11.7. The van der Waals surface area contributed by atoms with Gasteiger partial charge in [0.2, 0.25) is 5.91 Å². The van der Waals surface area contributed by atoms with Crippen molar-refractivity contribution < 1.29 is 24.0 Å². The number of non-ortho nitro benzene ring substituents is 1. The van der Waals surface area contributed by atoms with Gasteiger partial charge in [-0.25, -0.2) is 0 Å². The van der Waals surface area contributed by atoms with Crippen LogP contribution >= 0.6 is 11.8 Å². The van der Waals surface area contributed by atoms with E-state index in [-0.39, 0.29) is 17.3 Å². The molecular weight excluding hydrogens is 592 g/mol. The van der Waals surface area contributed by atoms with Crippen molar-refractivity contribution in [2.24, 2.45) is 0 Å². The van der Waals surface area contributed by atoms with Crippen LogP contribution in [-0.2, 0) is 9.59 Å². The van der Waals surface area contributed by atoms with Crippen LogP contribution in [0.25, 0.3) is 6.08 Å². The maximum Gasteiger partial charge on any atom is 0.272 e. The van der Waals surface area contributed by atoms with E-state index in [0.717, 1.165) is 0 Å². The van der Waals surface area contributed by atoms with E-state index in [1.807, 2.05) is 13.0 Å². The highest BCUT2D eigenvalue weighted by atomic mass is 32.2. The number of nitrogens with zero attached hydrogens (tertiary/aromatic N) is 1. The van der Waals surface area contributed by atoms with Crippen LogP contribution < -0.4 is 20.7 Å². The van der Waals surface area contributed by atoms with Crippen LogP contribution in [0.15, 0.2) is 108 Å². The molecule has 0 bridgehead atoms. The maximum absolute atomic E-state index is 13.5. The number of rotatable bonds is 12. The highest BCUT2D eigenvalue weighted by molar-refractivity contribution is 8.00. The third kappa shape index (κ3) is 8.80. The van der Waals surface area contributed by atoms with Gasteiger partial charge in [-0.05, 0) is 61.4 Å². The molecule has 3 N–H and O–H groups in total. The first-order chi connectivity index (χ1) is 21.7. The number of nitro benzene ring substituents is 1. The van der Waals surface area contributed by atoms with E-state index in [1.54, 1.807) is 91.9 Å². The molecule has 0 aromatic heterocycles. The first-order valence-corrected chi connectivity index (χ1v) is 14.9. The van der Waals surface area contributed by atoms with Crippen molar-refractivity contribution in [3.8, 4) is 5.75 Å². The summed E-state index contributed by atoms with van der Waals surface area (Å²) in [6.07, 6.45) is 2.03. The summed E-state index contributed by atoms with van der Waals surface area (Å²) in [7, 11) is 1.52. The SMILES string of the molecule is CCC(Sc1cccc(NC(=O)/C(=C\c2ccccc2OC)NC(=O)c2ccccc2)c1)C(=O)Nc1cc([N+](=O)[O-])ccc1C. The van der Waals surface area contributed by atoms with Gasteiger partial charge in [0.1, 0.15) is 11.4 Å². The molecule has 0 aliphatic carbocycles. The van der Waals surface area contributed by atoms with Crippen LogP contribution in [0.2, 0.25) is 0 Å². The molecule has 0 saturated carbocycles. The number of para-hydroxylation sites is 1. The number of amides is 3. The van der Waals surface area contributed by atoms with Gasteiger partial charge in [0.25, 0.3) is 17.5 Å². The van der Waals surface area contributed by atoms with Gasteiger partial charge < -0.3 is 20.7 Å². The summed E-state index contributed by atoms with van der Waals surface area (Å²) in [5.74, 6) is -0.782. The Kier molecular flexibility index (Phi) is 11.1. The van der Waals surface area contributed by atoms with Crippen molar-refractivity contribution in [3.63, 3.8) is 0 Å². The molecular formula is C34H32N4O6S. The van der Waals surface area contributed by atoms with E-state index in [4.69, 9.17) is 4.74 Å². The molecule has 0 heterocycles. The molecule has 11 heteroatoms. The molecule has 45 heavy (non-hydrogen) atoms. The fraction of sp³-hybridized carbons (Fsp3) is 0.147. The minimum absolute atomic E-state index is 0.00421. The van der Waals surface area contributed by atoms with Crippen LogP contribution in [0.4, 0.5) is 17.1 Å². The molecule has 0 aliphatic heterocycles. The van der Waals surface area contributed by atoms with Crippen molar-refractivity contribution in [3.05, 3.63) is 130 Å². The molecule has 230 valence electrons. The van der Waals surface area contributed by atoms with E-state index in [1.165, 1.54) is 31.0 Å². The number of benzene rings is 4. The van der Waals surface area contributed by atoms with E-state index in [0.29, 0.717) is 45.1 Å². The fourth-order valence-corrected chi connectivity index (χ4v) is 5.30. The summed E-state index contributed by atoms with van der Waals surface area (Å²) >= 11 is 1.30. The lowest BCUT2D eigenvalue weighted by molar-refractivity contribution is -0.384. The number of thioether (sulfide) groups is 1. The van der Waals surface area contributed by atoms with E-state index >= 15 is 0 Å². The summed E-state index contributed by atoms with van der Waals surface area (Å²) in [5.41, 5.74) is 2.41. The standard InChI is InChI=1S/C34H32N4O6S/c1-4-31(34(41)36-28-21-26(38(42)43)18-17-22(28)2)45-27-15-10-14-25(20-27)35-33(40)29(19-24-13-8-9-16-30(24)44-3)37-32(39)23-11-6-5-7-12-23/h5-21,31H,4H2,1-3H3,(H,35,40)(H,36,41)(H,37,39)/b29-19+. The van der Waals surface area contributed by atoms with Gasteiger partial charge in [0.15, 0.2) is 0 Å². The van der Waals surface area contributed by atoms with Gasteiger partial charge in [-0.1, -0.05) is 55.5 Å². The van der Waals surface area contributed by atoms with Gasteiger partial charge in [-0.15, -0.1) is 11.8 Å². The average Bonchev–Trinajstić information content (AvgIpc) is 3.04. The molecule has 1 unspecified atom stereocenters. The Morgan fingerprint density at radius 1 is 0.933 bits per heavy atom. The highest BCUT2D eigenvalue weighted by Crippen LogP contribution is 2.30. The molecule has 4 aromatic rings. The molecule has 0 aliphatic rings. The van der Waals surface area contributed by atoms with Crippen LogP contribution in [0, 0.1) is 17.0 Å². The molecule has 1 atom stereocenters. The van der Waals surface area contributed by atoms with Gasteiger partial charge in [-0.3, -0.25) is 24.5 Å². The highest BCUT2D eigenvalue weighted by Gasteiger charge is 2.21. The number of ether oxygens (including phenoxy) is 1. The summed E-state index contributed by atoms with van der Waals surface area (Å²) in [6, 6.07) is 27.0. The van der Waals surface area contributed by atoms with Gasteiger partial charge in [0.05, 0.1) is 23.0 Å². The number of nitrogens with one attached hydrogen (secondary N) is 3. The average molecular weight is 625 g/mol. The molecule has 0 fully saturated rings. The number of carbonyl (C=O) groups is 3. The second-order valence-electron chi connectivity index (χ2n) is 9.86. The lowest BCUT2D eigenvalue weighted by Gasteiger charge is -2.17. The Hall–Kier alpha value is -5.42. The van der Waals surface area contributed by atoms with Crippen molar-refractivity contribution in [1.82, 2.24) is 5.32 Å². The second kappa shape index (κ2) is 15.3. The predicted molar refractivity (Wildman–Crippen MR) is 176 cm³/mol. The Labute approximate surface area is 265 Å². The quantitative estimate of drug-likeness (QED) is 0.0679. The molecule has 0 spiro atoms. The first kappa shape index (κ1) is 32.5. The summed E-state index contributed by atoms with van der Waals surface area (Å²) in [4.78, 5) is 51.1. The lowest BCUT2D eigenvalue weighted by Crippen LogP contribution is -2.30.